The van der Waals surface area contributed by atoms with Gasteiger partial charge in [-0.25, -0.2) is 0 Å². The minimum absolute atomic E-state index is 0.177. The van der Waals surface area contributed by atoms with Crippen molar-refractivity contribution in [2.24, 2.45) is 0 Å². The Hall–Kier alpha value is -0.610. The first-order valence-corrected chi connectivity index (χ1v) is 6.31. The Kier molecular flexibility index (Phi) is 3.82. The van der Waals surface area contributed by atoms with Gasteiger partial charge < -0.3 is 15.0 Å². The van der Waals surface area contributed by atoms with Gasteiger partial charge in [0.25, 0.3) is 5.91 Å². The van der Waals surface area contributed by atoms with E-state index in [9.17, 15) is 4.79 Å². The van der Waals surface area contributed by atoms with Gasteiger partial charge >= 0.3 is 0 Å². The van der Waals surface area contributed by atoms with Crippen molar-refractivity contribution in [3.8, 4) is 0 Å². The lowest BCUT2D eigenvalue weighted by atomic mass is 10.0. The monoisotopic (exact) mass is 226 g/mol. The van der Waals surface area contributed by atoms with Crippen molar-refractivity contribution < 1.29 is 9.53 Å². The summed E-state index contributed by atoms with van der Waals surface area (Å²) in [6, 6.07) is 0.397. The first-order valence-electron chi connectivity index (χ1n) is 6.31. The first kappa shape index (κ1) is 11.9. The first-order chi connectivity index (χ1) is 7.68. The molecule has 2 fully saturated rings. The van der Waals surface area contributed by atoms with Crippen molar-refractivity contribution in [2.45, 2.75) is 50.9 Å². The number of likely N-dealkylation sites (N-methyl/N-ethyl adjacent to an activating group) is 1. The molecule has 0 bridgehead atoms. The number of ether oxygens (including phenoxy) is 1. The Morgan fingerprint density at radius 2 is 1.94 bits per heavy atom. The van der Waals surface area contributed by atoms with E-state index in [-0.39, 0.29) is 18.1 Å². The van der Waals surface area contributed by atoms with Crippen LogP contribution in [0.1, 0.15) is 32.6 Å². The van der Waals surface area contributed by atoms with Crippen LogP contribution in [0.5, 0.6) is 0 Å². The number of carbonyl (C=O) groups is 1. The second kappa shape index (κ2) is 5.15. The Labute approximate surface area is 97.3 Å². The van der Waals surface area contributed by atoms with Crippen LogP contribution in [-0.4, -0.2) is 49.2 Å². The third-order valence-electron chi connectivity index (χ3n) is 3.71. The van der Waals surface area contributed by atoms with Crippen molar-refractivity contribution >= 4 is 5.91 Å². The van der Waals surface area contributed by atoms with E-state index in [1.807, 2.05) is 18.9 Å². The summed E-state index contributed by atoms with van der Waals surface area (Å²) in [7, 11) is 1.92. The number of rotatable bonds is 2. The zero-order valence-corrected chi connectivity index (χ0v) is 10.2. The number of nitrogens with one attached hydrogen (secondary N) is 1. The molecule has 16 heavy (non-hydrogen) atoms. The van der Waals surface area contributed by atoms with E-state index in [2.05, 4.69) is 5.32 Å². The highest BCUT2D eigenvalue weighted by atomic mass is 16.5. The predicted octanol–water partition coefficient (Wildman–Crippen LogP) is 0.764. The van der Waals surface area contributed by atoms with E-state index in [4.69, 9.17) is 4.74 Å². The maximum absolute atomic E-state index is 12.2. The molecular formula is C12H22N2O2. The third-order valence-corrected chi connectivity index (χ3v) is 3.71. The summed E-state index contributed by atoms with van der Waals surface area (Å²) in [5.41, 5.74) is 0. The molecule has 0 aromatic heterocycles. The van der Waals surface area contributed by atoms with E-state index in [1.54, 1.807) is 0 Å². The van der Waals surface area contributed by atoms with Gasteiger partial charge in [0, 0.05) is 13.1 Å². The second-order valence-electron chi connectivity index (χ2n) is 4.94. The van der Waals surface area contributed by atoms with E-state index in [1.165, 1.54) is 0 Å². The standard InChI is InChI=1S/C12H22N2O2/c1-9-3-4-11(16-9)12(15)14(2)10-5-7-13-8-6-10/h9-11,13H,3-8H2,1-2H3. The van der Waals surface area contributed by atoms with Crippen LogP contribution in [0.15, 0.2) is 0 Å². The molecule has 0 aromatic rings. The van der Waals surface area contributed by atoms with Crippen LogP contribution in [-0.2, 0) is 9.53 Å². The maximum atomic E-state index is 12.2. The third kappa shape index (κ3) is 2.55. The fourth-order valence-electron chi connectivity index (χ4n) is 2.59. The van der Waals surface area contributed by atoms with E-state index in [0.717, 1.165) is 38.8 Å². The zero-order chi connectivity index (χ0) is 11.5. The van der Waals surface area contributed by atoms with Crippen molar-refractivity contribution in [1.29, 1.82) is 0 Å². The van der Waals surface area contributed by atoms with Crippen LogP contribution in [0.25, 0.3) is 0 Å². The SMILES string of the molecule is CC1CCC(C(=O)N(C)C2CCNCC2)O1. The van der Waals surface area contributed by atoms with E-state index in [0.29, 0.717) is 6.04 Å². The highest BCUT2D eigenvalue weighted by Crippen LogP contribution is 2.22. The average molecular weight is 226 g/mol. The highest BCUT2D eigenvalue weighted by molar-refractivity contribution is 5.81. The van der Waals surface area contributed by atoms with Crippen molar-refractivity contribution in [1.82, 2.24) is 10.2 Å². The minimum Gasteiger partial charge on any atom is -0.365 e. The number of carbonyl (C=O) groups excluding carboxylic acids is 1. The van der Waals surface area contributed by atoms with E-state index < -0.39 is 0 Å². The summed E-state index contributed by atoms with van der Waals surface area (Å²) in [5.74, 6) is 0.177. The molecule has 0 radical (unpaired) electrons. The van der Waals surface area contributed by atoms with Crippen molar-refractivity contribution in [3.63, 3.8) is 0 Å². The summed E-state index contributed by atoms with van der Waals surface area (Å²) >= 11 is 0. The second-order valence-corrected chi connectivity index (χ2v) is 4.94. The topological polar surface area (TPSA) is 41.6 Å². The van der Waals surface area contributed by atoms with Crippen LogP contribution < -0.4 is 5.32 Å². The molecule has 1 amide bonds. The molecule has 2 heterocycles. The molecule has 0 aliphatic carbocycles. The van der Waals surface area contributed by atoms with Crippen LogP contribution >= 0.6 is 0 Å². The minimum atomic E-state index is -0.185. The van der Waals surface area contributed by atoms with Crippen LogP contribution in [0, 0.1) is 0 Å². The maximum Gasteiger partial charge on any atom is 0.251 e. The molecule has 1 N–H and O–H groups in total. The zero-order valence-electron chi connectivity index (χ0n) is 10.2. The fraction of sp³-hybridized carbons (Fsp3) is 0.917. The molecule has 2 saturated heterocycles. The quantitative estimate of drug-likeness (QED) is 0.756. The molecule has 2 aliphatic heterocycles. The average Bonchev–Trinajstić information content (AvgIpc) is 2.75. The molecule has 0 saturated carbocycles. The van der Waals surface area contributed by atoms with Crippen molar-refractivity contribution in [3.05, 3.63) is 0 Å². The molecule has 4 nitrogen and oxygen atoms in total. The smallest absolute Gasteiger partial charge is 0.251 e. The Balaban J connectivity index is 1.88. The number of hydrogen-bond donors (Lipinski definition) is 1. The van der Waals surface area contributed by atoms with Crippen LogP contribution in [0.3, 0.4) is 0 Å². The van der Waals surface area contributed by atoms with Crippen LogP contribution in [0.4, 0.5) is 0 Å². The summed E-state index contributed by atoms with van der Waals surface area (Å²) < 4.78 is 5.63. The fourth-order valence-corrected chi connectivity index (χ4v) is 2.59. The normalized spacial score (nSPS) is 31.6. The summed E-state index contributed by atoms with van der Waals surface area (Å²) in [4.78, 5) is 14.1. The summed E-state index contributed by atoms with van der Waals surface area (Å²) in [6.45, 7) is 4.08. The highest BCUT2D eigenvalue weighted by Gasteiger charge is 2.33. The molecule has 2 unspecified atom stereocenters. The summed E-state index contributed by atoms with van der Waals surface area (Å²) in [5, 5.41) is 3.32. The van der Waals surface area contributed by atoms with Gasteiger partial charge in [-0.3, -0.25) is 4.79 Å². The lowest BCUT2D eigenvalue weighted by molar-refractivity contribution is -0.143. The Morgan fingerprint density at radius 3 is 2.50 bits per heavy atom. The lowest BCUT2D eigenvalue weighted by Crippen LogP contribution is -2.47. The van der Waals surface area contributed by atoms with Crippen LogP contribution in [0.2, 0.25) is 0 Å². The largest absolute Gasteiger partial charge is 0.365 e. The molecule has 0 aromatic carbocycles. The number of amides is 1. The van der Waals surface area contributed by atoms with Gasteiger partial charge in [-0.05, 0) is 45.7 Å². The Bertz CT molecular complexity index is 251. The molecular weight excluding hydrogens is 204 g/mol. The van der Waals surface area contributed by atoms with Gasteiger partial charge in [-0.1, -0.05) is 0 Å². The summed E-state index contributed by atoms with van der Waals surface area (Å²) in [6.07, 6.45) is 4.08. The molecule has 92 valence electrons. The van der Waals surface area contributed by atoms with Gasteiger partial charge in [-0.2, -0.15) is 0 Å². The lowest BCUT2D eigenvalue weighted by Gasteiger charge is -2.33. The van der Waals surface area contributed by atoms with Gasteiger partial charge in [0.2, 0.25) is 0 Å². The molecule has 0 spiro atoms. The number of nitrogens with zero attached hydrogens (tertiary/aromatic N) is 1. The number of piperidine rings is 1. The van der Waals surface area contributed by atoms with Gasteiger partial charge in [0.05, 0.1) is 6.10 Å². The molecule has 2 rings (SSSR count). The van der Waals surface area contributed by atoms with Gasteiger partial charge in [-0.15, -0.1) is 0 Å². The predicted molar refractivity (Wildman–Crippen MR) is 62.2 cm³/mol. The Morgan fingerprint density at radius 1 is 1.25 bits per heavy atom. The molecule has 2 atom stereocenters. The van der Waals surface area contributed by atoms with E-state index >= 15 is 0 Å². The van der Waals surface area contributed by atoms with Crippen molar-refractivity contribution in [2.75, 3.05) is 20.1 Å². The molecule has 4 heteroatoms. The number of hydrogen-bond acceptors (Lipinski definition) is 3. The van der Waals surface area contributed by atoms with Gasteiger partial charge in [0.15, 0.2) is 0 Å². The van der Waals surface area contributed by atoms with Gasteiger partial charge in [0.1, 0.15) is 6.10 Å². The molecule has 2 aliphatic rings.